The molecule has 0 unspecified atom stereocenters. The van der Waals surface area contributed by atoms with E-state index in [4.69, 9.17) is 16.6 Å². The van der Waals surface area contributed by atoms with E-state index in [1.54, 1.807) is 21.7 Å². The molecule has 4 aromatic heterocycles. The number of rotatable bonds is 5. The first kappa shape index (κ1) is 20.0. The van der Waals surface area contributed by atoms with Gasteiger partial charge in [0.15, 0.2) is 22.1 Å². The Morgan fingerprint density at radius 1 is 1.03 bits per heavy atom. The average Bonchev–Trinajstić information content (AvgIpc) is 3.55. The lowest BCUT2D eigenvalue weighted by atomic mass is 10.1. The Kier molecular flexibility index (Phi) is 4.56. The van der Waals surface area contributed by atoms with Crippen molar-refractivity contribution in [3.63, 3.8) is 0 Å². The van der Waals surface area contributed by atoms with Crippen LogP contribution >= 0.6 is 11.6 Å². The molecule has 0 atom stereocenters. The molecule has 0 fully saturated rings. The van der Waals surface area contributed by atoms with E-state index < -0.39 is 4.92 Å². The zero-order valence-electron chi connectivity index (χ0n) is 17.4. The van der Waals surface area contributed by atoms with Gasteiger partial charge in [-0.15, -0.1) is 5.10 Å². The number of nitro groups is 1. The molecule has 0 amide bonds. The number of nitrogens with zero attached hydrogens (tertiary/aromatic N) is 9. The summed E-state index contributed by atoms with van der Waals surface area (Å²) in [7, 11) is 0. The molecule has 34 heavy (non-hydrogen) atoms. The van der Waals surface area contributed by atoms with Crippen molar-refractivity contribution in [3.8, 4) is 17.1 Å². The molecule has 166 valence electrons. The van der Waals surface area contributed by atoms with Crippen molar-refractivity contribution >= 4 is 34.1 Å². The maximum atomic E-state index is 11.0. The third-order valence-corrected chi connectivity index (χ3v) is 5.57. The average molecular weight is 472 g/mol. The van der Waals surface area contributed by atoms with Crippen LogP contribution in [0.25, 0.3) is 33.8 Å². The Morgan fingerprint density at radius 3 is 2.68 bits per heavy atom. The first-order valence-corrected chi connectivity index (χ1v) is 10.6. The van der Waals surface area contributed by atoms with E-state index in [1.807, 2.05) is 54.6 Å². The maximum absolute atomic E-state index is 11.0. The lowest BCUT2D eigenvalue weighted by molar-refractivity contribution is -0.389. The van der Waals surface area contributed by atoms with Crippen molar-refractivity contribution in [1.29, 1.82) is 0 Å². The first-order valence-electron chi connectivity index (χ1n) is 10.2. The van der Waals surface area contributed by atoms with Gasteiger partial charge in [-0.1, -0.05) is 48.0 Å². The van der Waals surface area contributed by atoms with Gasteiger partial charge in [0.2, 0.25) is 0 Å². The van der Waals surface area contributed by atoms with Crippen LogP contribution < -0.4 is 0 Å². The van der Waals surface area contributed by atoms with E-state index in [1.165, 1.54) is 10.9 Å². The van der Waals surface area contributed by atoms with Gasteiger partial charge in [-0.25, -0.2) is 19.2 Å². The van der Waals surface area contributed by atoms with Crippen LogP contribution in [0.3, 0.4) is 0 Å². The van der Waals surface area contributed by atoms with E-state index in [9.17, 15) is 10.1 Å². The minimum atomic E-state index is -0.607. The summed E-state index contributed by atoms with van der Waals surface area (Å²) < 4.78 is 4.82. The fraction of sp³-hybridized carbons (Fsp3) is 0.0455. The van der Waals surface area contributed by atoms with Crippen molar-refractivity contribution in [2.75, 3.05) is 0 Å². The quantitative estimate of drug-likeness (QED) is 0.275. The molecular weight excluding hydrogens is 458 g/mol. The van der Waals surface area contributed by atoms with Gasteiger partial charge in [-0.2, -0.15) is 9.78 Å². The maximum Gasteiger partial charge on any atom is 0.408 e. The van der Waals surface area contributed by atoms with Gasteiger partial charge in [0, 0.05) is 5.56 Å². The topological polar surface area (TPSA) is 122 Å². The van der Waals surface area contributed by atoms with Crippen LogP contribution in [0.5, 0.6) is 0 Å². The molecular formula is C22H14ClN9O2. The molecule has 2 aromatic carbocycles. The van der Waals surface area contributed by atoms with Crippen LogP contribution in [0.1, 0.15) is 5.56 Å². The Bertz CT molecular complexity index is 1690. The fourth-order valence-electron chi connectivity index (χ4n) is 3.79. The molecule has 0 spiro atoms. The normalized spacial score (nSPS) is 11.4. The molecule has 4 heterocycles. The van der Waals surface area contributed by atoms with Crippen molar-refractivity contribution in [3.05, 3.63) is 94.0 Å². The van der Waals surface area contributed by atoms with Gasteiger partial charge in [-0.05, 0) is 28.7 Å². The van der Waals surface area contributed by atoms with Gasteiger partial charge in [0.25, 0.3) is 0 Å². The predicted octanol–water partition coefficient (Wildman–Crippen LogP) is 3.94. The zero-order valence-corrected chi connectivity index (χ0v) is 18.1. The summed E-state index contributed by atoms with van der Waals surface area (Å²) in [6, 6.07) is 17.3. The van der Waals surface area contributed by atoms with E-state index in [0.717, 1.165) is 22.2 Å². The zero-order chi connectivity index (χ0) is 23.2. The van der Waals surface area contributed by atoms with E-state index in [2.05, 4.69) is 20.3 Å². The van der Waals surface area contributed by atoms with Crippen LogP contribution in [0, 0.1) is 10.1 Å². The number of benzene rings is 2. The number of para-hydroxylation sites is 1. The molecule has 0 saturated carbocycles. The number of halogens is 1. The minimum absolute atomic E-state index is 0.00395. The lowest BCUT2D eigenvalue weighted by Gasteiger charge is -2.01. The molecule has 6 aromatic rings. The van der Waals surface area contributed by atoms with Gasteiger partial charge in [0.1, 0.15) is 6.33 Å². The molecule has 12 heteroatoms. The van der Waals surface area contributed by atoms with E-state index in [0.29, 0.717) is 23.7 Å². The first-order chi connectivity index (χ1) is 16.6. The molecule has 0 aliphatic heterocycles. The minimum Gasteiger partial charge on any atom is -0.358 e. The van der Waals surface area contributed by atoms with Crippen LogP contribution in [0.2, 0.25) is 5.02 Å². The summed E-state index contributed by atoms with van der Waals surface area (Å²) in [5.74, 6) is 0.153. The van der Waals surface area contributed by atoms with Gasteiger partial charge in [0.05, 0.1) is 35.1 Å². The Morgan fingerprint density at radius 2 is 1.88 bits per heavy atom. The van der Waals surface area contributed by atoms with Gasteiger partial charge < -0.3 is 10.1 Å². The van der Waals surface area contributed by atoms with E-state index >= 15 is 0 Å². The lowest BCUT2D eigenvalue weighted by Crippen LogP contribution is -2.01. The van der Waals surface area contributed by atoms with Crippen molar-refractivity contribution in [2.45, 2.75) is 6.54 Å². The molecule has 0 aliphatic carbocycles. The fourth-order valence-corrected chi connectivity index (χ4v) is 4.01. The highest BCUT2D eigenvalue weighted by molar-refractivity contribution is 6.32. The Labute approximate surface area is 196 Å². The Hall–Kier alpha value is -4.64. The van der Waals surface area contributed by atoms with E-state index in [-0.39, 0.29) is 10.8 Å². The van der Waals surface area contributed by atoms with Crippen molar-refractivity contribution in [1.82, 2.24) is 39.1 Å². The summed E-state index contributed by atoms with van der Waals surface area (Å²) in [5.41, 5.74) is 3.88. The summed E-state index contributed by atoms with van der Waals surface area (Å²) in [4.78, 5) is 19.7. The predicted molar refractivity (Wildman–Crippen MR) is 124 cm³/mol. The summed E-state index contributed by atoms with van der Waals surface area (Å²) >= 11 is 5.91. The van der Waals surface area contributed by atoms with Crippen molar-refractivity contribution in [2.24, 2.45) is 0 Å². The highest BCUT2D eigenvalue weighted by Gasteiger charge is 2.19. The van der Waals surface area contributed by atoms with Crippen molar-refractivity contribution < 1.29 is 4.92 Å². The number of fused-ring (bicyclic) bond motifs is 3. The second kappa shape index (κ2) is 7.74. The Balaban J connectivity index is 1.37. The van der Waals surface area contributed by atoms with Crippen LogP contribution in [0.15, 0.2) is 73.3 Å². The molecule has 0 bridgehead atoms. The van der Waals surface area contributed by atoms with Crippen LogP contribution in [0.4, 0.5) is 5.82 Å². The largest absolute Gasteiger partial charge is 0.408 e. The summed E-state index contributed by atoms with van der Waals surface area (Å²) in [5, 5.41) is 24.8. The second-order valence-corrected chi connectivity index (χ2v) is 7.94. The van der Waals surface area contributed by atoms with Gasteiger partial charge >= 0.3 is 5.82 Å². The standard InChI is InChI=1S/C22H14ClN9O2/c23-18-12-29(28-22(18)32(33)34)11-14-5-4-6-15(9-14)19-26-21-17-10-25-31(16-7-2-1-3-8-16)20(17)24-13-30(21)27-19/h1-10,12-13H,11H2. The molecule has 11 nitrogen and oxygen atoms in total. The third kappa shape index (κ3) is 3.35. The monoisotopic (exact) mass is 471 g/mol. The highest BCUT2D eigenvalue weighted by Crippen LogP contribution is 2.25. The number of hydrogen-bond acceptors (Lipinski definition) is 7. The number of aromatic nitrogens is 8. The summed E-state index contributed by atoms with van der Waals surface area (Å²) in [6.45, 7) is 0.310. The van der Waals surface area contributed by atoms with Crippen LogP contribution in [-0.4, -0.2) is 44.1 Å². The summed E-state index contributed by atoms with van der Waals surface area (Å²) in [6.07, 6.45) is 4.78. The molecule has 0 radical (unpaired) electrons. The molecule has 0 aliphatic rings. The SMILES string of the molecule is O=[N+]([O-])c1nn(Cc2cccc(-c3nc4c5cnn(-c6ccccc6)c5ncn4n3)c2)cc1Cl. The van der Waals surface area contributed by atoms with Gasteiger partial charge in [-0.3, -0.25) is 0 Å². The third-order valence-electron chi connectivity index (χ3n) is 5.31. The molecule has 0 N–H and O–H groups in total. The smallest absolute Gasteiger partial charge is 0.358 e. The highest BCUT2D eigenvalue weighted by atomic mass is 35.5. The van der Waals surface area contributed by atoms with Crippen LogP contribution in [-0.2, 0) is 6.54 Å². The molecule has 0 saturated heterocycles. The number of hydrogen-bond donors (Lipinski definition) is 0. The molecule has 6 rings (SSSR count). The second-order valence-electron chi connectivity index (χ2n) is 7.53.